The van der Waals surface area contributed by atoms with Gasteiger partial charge >= 0.3 is 0 Å². The molecule has 110 valence electrons. The van der Waals surface area contributed by atoms with Crippen LogP contribution >= 0.6 is 11.6 Å². The van der Waals surface area contributed by atoms with Gasteiger partial charge in [-0.15, -0.1) is 0 Å². The van der Waals surface area contributed by atoms with Crippen LogP contribution in [0.3, 0.4) is 0 Å². The zero-order valence-electron chi connectivity index (χ0n) is 11.3. The van der Waals surface area contributed by atoms with Crippen molar-refractivity contribution in [3.05, 3.63) is 77.3 Å². The number of carbonyl (C=O) groups excluding carboxylic acids is 1. The minimum atomic E-state index is -0.654. The van der Waals surface area contributed by atoms with Crippen molar-refractivity contribution in [3.8, 4) is 5.69 Å². The van der Waals surface area contributed by atoms with Crippen molar-refractivity contribution >= 4 is 23.2 Å². The Hall–Kier alpha value is -2.66. The molecule has 6 heteroatoms. The molecule has 0 bridgehead atoms. The van der Waals surface area contributed by atoms with Gasteiger partial charge in [0.25, 0.3) is 5.91 Å². The number of halogens is 2. The zero-order valence-corrected chi connectivity index (χ0v) is 12.1. The molecule has 1 N–H and O–H groups in total. The fourth-order valence-corrected chi connectivity index (χ4v) is 2.28. The molecular weight excluding hydrogens is 305 g/mol. The largest absolute Gasteiger partial charge is 0.322 e. The molecule has 0 radical (unpaired) electrons. The van der Waals surface area contributed by atoms with Crippen molar-refractivity contribution in [2.45, 2.75) is 0 Å². The highest BCUT2D eigenvalue weighted by Gasteiger charge is 2.15. The van der Waals surface area contributed by atoms with E-state index in [1.807, 2.05) is 12.3 Å². The van der Waals surface area contributed by atoms with Crippen molar-refractivity contribution < 1.29 is 9.18 Å². The van der Waals surface area contributed by atoms with Crippen LogP contribution in [0.2, 0.25) is 5.02 Å². The second-order valence-electron chi connectivity index (χ2n) is 4.55. The van der Waals surface area contributed by atoms with Crippen LogP contribution in [0.15, 0.2) is 60.9 Å². The normalized spacial score (nSPS) is 10.5. The lowest BCUT2D eigenvalue weighted by Crippen LogP contribution is -2.14. The first-order chi connectivity index (χ1) is 10.6. The van der Waals surface area contributed by atoms with E-state index in [0.29, 0.717) is 5.69 Å². The second kappa shape index (κ2) is 5.99. The number of benzene rings is 2. The number of hydrogen-bond donors (Lipinski definition) is 1. The van der Waals surface area contributed by atoms with Crippen LogP contribution in [0.4, 0.5) is 10.1 Å². The maximum absolute atomic E-state index is 13.7. The van der Waals surface area contributed by atoms with E-state index in [0.717, 1.165) is 5.69 Å². The van der Waals surface area contributed by atoms with Gasteiger partial charge in [0.05, 0.1) is 16.3 Å². The van der Waals surface area contributed by atoms with Crippen molar-refractivity contribution in [2.24, 2.45) is 0 Å². The third kappa shape index (κ3) is 2.84. The Bertz CT molecular complexity index is 781. The number of aromatic nitrogens is 2. The fraction of sp³-hybridized carbons (Fsp3) is 0. The van der Waals surface area contributed by atoms with E-state index in [-0.39, 0.29) is 10.6 Å². The monoisotopic (exact) mass is 315 g/mol. The molecule has 1 amide bonds. The summed E-state index contributed by atoms with van der Waals surface area (Å²) in [5.74, 6) is -1.24. The van der Waals surface area contributed by atoms with E-state index >= 15 is 0 Å². The van der Waals surface area contributed by atoms with Gasteiger partial charge in [-0.25, -0.2) is 9.07 Å². The molecule has 2 aromatic carbocycles. The van der Waals surface area contributed by atoms with Crippen LogP contribution in [0.1, 0.15) is 10.4 Å². The maximum atomic E-state index is 13.7. The molecule has 0 aliphatic rings. The van der Waals surface area contributed by atoms with E-state index in [1.165, 1.54) is 18.2 Å². The Morgan fingerprint density at radius 1 is 1.14 bits per heavy atom. The Labute approximate surface area is 131 Å². The summed E-state index contributed by atoms with van der Waals surface area (Å²) >= 11 is 5.87. The summed E-state index contributed by atoms with van der Waals surface area (Å²) in [4.78, 5) is 12.1. The molecule has 0 aliphatic heterocycles. The van der Waals surface area contributed by atoms with Gasteiger partial charge in [0.1, 0.15) is 5.82 Å². The Kier molecular flexibility index (Phi) is 3.89. The highest BCUT2D eigenvalue weighted by atomic mass is 35.5. The first-order valence-electron chi connectivity index (χ1n) is 6.50. The summed E-state index contributed by atoms with van der Waals surface area (Å²) in [5, 5.41) is 6.80. The molecule has 0 unspecified atom stereocenters. The minimum Gasteiger partial charge on any atom is -0.322 e. The van der Waals surface area contributed by atoms with E-state index < -0.39 is 11.7 Å². The predicted octanol–water partition coefficient (Wildman–Crippen LogP) is 3.92. The lowest BCUT2D eigenvalue weighted by Gasteiger charge is -2.08. The van der Waals surface area contributed by atoms with Gasteiger partial charge in [0.2, 0.25) is 0 Å². The summed E-state index contributed by atoms with van der Waals surface area (Å²) in [7, 11) is 0. The number of nitrogens with zero attached hydrogens (tertiary/aromatic N) is 2. The van der Waals surface area contributed by atoms with Gasteiger partial charge in [-0.1, -0.05) is 17.7 Å². The lowest BCUT2D eigenvalue weighted by molar-refractivity contribution is 0.102. The summed E-state index contributed by atoms with van der Waals surface area (Å²) in [6.07, 6.45) is 3.49. The molecule has 0 aliphatic carbocycles. The molecule has 0 fully saturated rings. The average molecular weight is 316 g/mol. The molecule has 0 saturated heterocycles. The van der Waals surface area contributed by atoms with Crippen LogP contribution in [0, 0.1) is 5.82 Å². The summed E-state index contributed by atoms with van der Waals surface area (Å²) in [5.41, 5.74) is 1.23. The minimum absolute atomic E-state index is 0.0747. The predicted molar refractivity (Wildman–Crippen MR) is 82.9 cm³/mol. The molecule has 3 aromatic rings. The van der Waals surface area contributed by atoms with Crippen molar-refractivity contribution in [3.63, 3.8) is 0 Å². The van der Waals surface area contributed by atoms with Crippen LogP contribution < -0.4 is 5.32 Å². The van der Waals surface area contributed by atoms with Crippen molar-refractivity contribution in [1.29, 1.82) is 0 Å². The zero-order chi connectivity index (χ0) is 15.5. The Balaban J connectivity index is 1.80. The van der Waals surface area contributed by atoms with Gasteiger partial charge in [0.15, 0.2) is 0 Å². The van der Waals surface area contributed by atoms with Gasteiger partial charge in [0, 0.05) is 18.1 Å². The van der Waals surface area contributed by atoms with Crippen LogP contribution in [-0.2, 0) is 0 Å². The second-order valence-corrected chi connectivity index (χ2v) is 4.96. The molecule has 0 saturated carbocycles. The lowest BCUT2D eigenvalue weighted by atomic mass is 10.2. The molecular formula is C16H11ClFN3O. The number of hydrogen-bond acceptors (Lipinski definition) is 2. The standard InChI is InChI=1S/C16H11ClFN3O/c17-13-3-1-4-14(18)15(13)16(22)20-11-5-7-12(8-6-11)21-10-2-9-19-21/h1-10H,(H,20,22). The summed E-state index contributed by atoms with van der Waals surface area (Å²) < 4.78 is 15.4. The van der Waals surface area contributed by atoms with Crippen LogP contribution in [0.25, 0.3) is 5.69 Å². The van der Waals surface area contributed by atoms with Crippen molar-refractivity contribution in [2.75, 3.05) is 5.32 Å². The number of carbonyl (C=O) groups is 1. The number of nitrogens with one attached hydrogen (secondary N) is 1. The SMILES string of the molecule is O=C(Nc1ccc(-n2cccn2)cc1)c1c(F)cccc1Cl. The van der Waals surface area contributed by atoms with E-state index in [4.69, 9.17) is 11.6 Å². The average Bonchev–Trinajstić information content (AvgIpc) is 3.02. The quantitative estimate of drug-likeness (QED) is 0.796. The van der Waals surface area contributed by atoms with Gasteiger partial charge < -0.3 is 5.32 Å². The number of amides is 1. The van der Waals surface area contributed by atoms with E-state index in [2.05, 4.69) is 10.4 Å². The topological polar surface area (TPSA) is 46.9 Å². The van der Waals surface area contributed by atoms with Crippen LogP contribution in [0.5, 0.6) is 0 Å². The number of anilines is 1. The van der Waals surface area contributed by atoms with Crippen LogP contribution in [-0.4, -0.2) is 15.7 Å². The van der Waals surface area contributed by atoms with Gasteiger partial charge in [-0.05, 0) is 42.5 Å². The van der Waals surface area contributed by atoms with Crippen molar-refractivity contribution in [1.82, 2.24) is 9.78 Å². The smallest absolute Gasteiger partial charge is 0.260 e. The van der Waals surface area contributed by atoms with E-state index in [9.17, 15) is 9.18 Å². The molecule has 4 nitrogen and oxygen atoms in total. The molecule has 0 atom stereocenters. The molecule has 1 aromatic heterocycles. The fourth-order valence-electron chi connectivity index (χ4n) is 2.03. The Morgan fingerprint density at radius 2 is 1.91 bits per heavy atom. The summed E-state index contributed by atoms with van der Waals surface area (Å²) in [6.45, 7) is 0. The third-order valence-corrected chi connectivity index (χ3v) is 3.40. The summed E-state index contributed by atoms with van der Waals surface area (Å²) in [6, 6.07) is 13.0. The molecule has 22 heavy (non-hydrogen) atoms. The molecule has 0 spiro atoms. The van der Waals surface area contributed by atoms with Gasteiger partial charge in [-0.3, -0.25) is 4.79 Å². The molecule has 3 rings (SSSR count). The highest BCUT2D eigenvalue weighted by molar-refractivity contribution is 6.34. The third-order valence-electron chi connectivity index (χ3n) is 3.08. The first kappa shape index (κ1) is 14.3. The van der Waals surface area contributed by atoms with Gasteiger partial charge in [-0.2, -0.15) is 5.10 Å². The first-order valence-corrected chi connectivity index (χ1v) is 6.88. The molecule has 1 heterocycles. The highest BCUT2D eigenvalue weighted by Crippen LogP contribution is 2.21. The maximum Gasteiger partial charge on any atom is 0.260 e. The van der Waals surface area contributed by atoms with E-state index in [1.54, 1.807) is 35.1 Å². The number of rotatable bonds is 3. The Morgan fingerprint density at radius 3 is 2.55 bits per heavy atom.